The van der Waals surface area contributed by atoms with E-state index in [1.54, 1.807) is 0 Å². The minimum absolute atomic E-state index is 0.0255. The summed E-state index contributed by atoms with van der Waals surface area (Å²) in [5, 5.41) is 3.70. The number of aryl methyl sites for hydroxylation is 1. The molecule has 4 heteroatoms. The lowest BCUT2D eigenvalue weighted by atomic mass is 9.87. The molecule has 0 aromatic heterocycles. The third-order valence-electron chi connectivity index (χ3n) is 6.24. The maximum atomic E-state index is 13.2. The summed E-state index contributed by atoms with van der Waals surface area (Å²) in [5.41, 5.74) is 2.39. The van der Waals surface area contributed by atoms with Gasteiger partial charge in [0.1, 0.15) is 0 Å². The Morgan fingerprint density at radius 3 is 2.54 bits per heavy atom. The lowest BCUT2D eigenvalue weighted by molar-refractivity contribution is -0.146. The predicted octanol–water partition coefficient (Wildman–Crippen LogP) is 3.45. The Bertz CT molecular complexity index is 603. The van der Waals surface area contributed by atoms with Crippen LogP contribution in [-0.4, -0.2) is 43.1 Å². The smallest absolute Gasteiger partial charge is 0.228 e. The molecule has 1 amide bonds. The second-order valence-corrected chi connectivity index (χ2v) is 8.40. The molecule has 2 atom stereocenters. The number of carbonyl (C=O) groups excluding carboxylic acids is 1. The number of hydrogen-bond acceptors (Lipinski definition) is 3. The molecule has 3 fully saturated rings. The summed E-state index contributed by atoms with van der Waals surface area (Å²) in [6.07, 6.45) is 6.80. The predicted molar refractivity (Wildman–Crippen MR) is 103 cm³/mol. The van der Waals surface area contributed by atoms with Crippen LogP contribution in [0.1, 0.15) is 55.8 Å². The number of rotatable bonds is 5. The van der Waals surface area contributed by atoms with Gasteiger partial charge in [0.25, 0.3) is 0 Å². The highest BCUT2D eigenvalue weighted by Crippen LogP contribution is 2.35. The summed E-state index contributed by atoms with van der Waals surface area (Å²) in [4.78, 5) is 15.3. The minimum Gasteiger partial charge on any atom is -0.373 e. The Morgan fingerprint density at radius 1 is 1.12 bits per heavy atom. The second kappa shape index (κ2) is 8.10. The average molecular weight is 357 g/mol. The molecular formula is C22H32N2O2. The maximum Gasteiger partial charge on any atom is 0.228 e. The van der Waals surface area contributed by atoms with Gasteiger partial charge < -0.3 is 15.0 Å². The topological polar surface area (TPSA) is 41.6 Å². The van der Waals surface area contributed by atoms with Crippen molar-refractivity contribution in [1.82, 2.24) is 10.2 Å². The van der Waals surface area contributed by atoms with Crippen LogP contribution in [0.4, 0.5) is 0 Å². The van der Waals surface area contributed by atoms with Gasteiger partial charge in [0, 0.05) is 25.7 Å². The summed E-state index contributed by atoms with van der Waals surface area (Å²) in [5.74, 6) is 1.20. The van der Waals surface area contributed by atoms with Gasteiger partial charge in [-0.3, -0.25) is 4.79 Å². The number of likely N-dealkylation sites (tertiary alicyclic amines) is 1. The number of ether oxygens (including phenoxy) is 1. The zero-order valence-electron chi connectivity index (χ0n) is 16.0. The standard InChI is InChI=1S/C22H32N2O2/c1-16-4-8-18(9-5-16)21-20(3-2-14-26-21)22(25)24-12-10-19(11-13-24)23-15-17-6-7-17/h4-5,8-9,17,19-21,23H,2-3,6-7,10-15H2,1H3. The first-order valence-corrected chi connectivity index (χ1v) is 10.4. The van der Waals surface area contributed by atoms with Crippen molar-refractivity contribution in [2.45, 2.75) is 57.6 Å². The van der Waals surface area contributed by atoms with Crippen molar-refractivity contribution in [3.05, 3.63) is 35.4 Å². The van der Waals surface area contributed by atoms with E-state index < -0.39 is 0 Å². The average Bonchev–Trinajstić information content (AvgIpc) is 3.51. The van der Waals surface area contributed by atoms with Gasteiger partial charge in [0.15, 0.2) is 0 Å². The van der Waals surface area contributed by atoms with E-state index in [4.69, 9.17) is 4.74 Å². The van der Waals surface area contributed by atoms with Gasteiger partial charge in [-0.1, -0.05) is 29.8 Å². The molecular weight excluding hydrogens is 324 g/mol. The monoisotopic (exact) mass is 356 g/mol. The van der Waals surface area contributed by atoms with Crippen LogP contribution in [0.25, 0.3) is 0 Å². The summed E-state index contributed by atoms with van der Waals surface area (Å²) >= 11 is 0. The second-order valence-electron chi connectivity index (χ2n) is 8.40. The van der Waals surface area contributed by atoms with E-state index >= 15 is 0 Å². The van der Waals surface area contributed by atoms with Gasteiger partial charge in [-0.05, 0) is 63.5 Å². The van der Waals surface area contributed by atoms with Crippen LogP contribution in [0.3, 0.4) is 0 Å². The third kappa shape index (κ3) is 4.29. The van der Waals surface area contributed by atoms with E-state index in [-0.39, 0.29) is 12.0 Å². The van der Waals surface area contributed by atoms with Crippen molar-refractivity contribution >= 4 is 5.91 Å². The van der Waals surface area contributed by atoms with Crippen molar-refractivity contribution in [2.75, 3.05) is 26.2 Å². The Kier molecular flexibility index (Phi) is 5.60. The van der Waals surface area contributed by atoms with Crippen molar-refractivity contribution in [1.29, 1.82) is 0 Å². The van der Waals surface area contributed by atoms with E-state index in [0.717, 1.165) is 56.9 Å². The van der Waals surface area contributed by atoms with Gasteiger partial charge in [-0.15, -0.1) is 0 Å². The number of hydrogen-bond donors (Lipinski definition) is 1. The van der Waals surface area contributed by atoms with Crippen molar-refractivity contribution < 1.29 is 9.53 Å². The number of amides is 1. The number of nitrogens with zero attached hydrogens (tertiary/aromatic N) is 1. The van der Waals surface area contributed by atoms with Crippen LogP contribution in [-0.2, 0) is 9.53 Å². The molecule has 4 rings (SSSR count). The fraction of sp³-hybridized carbons (Fsp3) is 0.682. The van der Waals surface area contributed by atoms with Gasteiger partial charge >= 0.3 is 0 Å². The SMILES string of the molecule is Cc1ccc(C2OCCCC2C(=O)N2CCC(NCC3CC3)CC2)cc1. The molecule has 0 bridgehead atoms. The molecule has 2 unspecified atom stereocenters. The van der Waals surface area contributed by atoms with Crippen LogP contribution in [0, 0.1) is 18.8 Å². The van der Waals surface area contributed by atoms with E-state index in [1.165, 1.54) is 24.9 Å². The molecule has 1 N–H and O–H groups in total. The highest BCUT2D eigenvalue weighted by molar-refractivity contribution is 5.80. The lowest BCUT2D eigenvalue weighted by Gasteiger charge is -2.38. The van der Waals surface area contributed by atoms with E-state index in [2.05, 4.69) is 41.4 Å². The number of carbonyl (C=O) groups is 1. The molecule has 4 nitrogen and oxygen atoms in total. The highest BCUT2D eigenvalue weighted by atomic mass is 16.5. The zero-order chi connectivity index (χ0) is 17.9. The van der Waals surface area contributed by atoms with Crippen LogP contribution >= 0.6 is 0 Å². The van der Waals surface area contributed by atoms with E-state index in [1.807, 2.05) is 0 Å². The normalized spacial score (nSPS) is 27.5. The van der Waals surface area contributed by atoms with Crippen LogP contribution in [0.5, 0.6) is 0 Å². The molecule has 1 saturated carbocycles. The Morgan fingerprint density at radius 2 is 1.85 bits per heavy atom. The zero-order valence-corrected chi connectivity index (χ0v) is 16.0. The summed E-state index contributed by atoms with van der Waals surface area (Å²) < 4.78 is 6.06. The van der Waals surface area contributed by atoms with Gasteiger partial charge in [-0.25, -0.2) is 0 Å². The fourth-order valence-corrected chi connectivity index (χ4v) is 4.31. The Balaban J connectivity index is 1.35. The molecule has 0 radical (unpaired) electrons. The Labute approximate surface area is 157 Å². The summed E-state index contributed by atoms with van der Waals surface area (Å²) in [7, 11) is 0. The van der Waals surface area contributed by atoms with Gasteiger partial charge in [0.05, 0.1) is 12.0 Å². The molecule has 0 spiro atoms. The van der Waals surface area contributed by atoms with Crippen molar-refractivity contribution in [2.24, 2.45) is 11.8 Å². The summed E-state index contributed by atoms with van der Waals surface area (Å²) in [6, 6.07) is 9.08. The number of piperidine rings is 1. The van der Waals surface area contributed by atoms with Crippen LogP contribution < -0.4 is 5.32 Å². The molecule has 3 aliphatic rings. The lowest BCUT2D eigenvalue weighted by Crippen LogP contribution is -2.48. The van der Waals surface area contributed by atoms with Gasteiger partial charge in [-0.2, -0.15) is 0 Å². The number of nitrogens with one attached hydrogen (secondary N) is 1. The van der Waals surface area contributed by atoms with E-state index in [9.17, 15) is 4.79 Å². The molecule has 1 aromatic rings. The molecule has 2 aliphatic heterocycles. The minimum atomic E-state index is -0.0810. The molecule has 1 aromatic carbocycles. The van der Waals surface area contributed by atoms with Crippen molar-refractivity contribution in [3.8, 4) is 0 Å². The van der Waals surface area contributed by atoms with Crippen LogP contribution in [0.2, 0.25) is 0 Å². The highest BCUT2D eigenvalue weighted by Gasteiger charge is 2.36. The fourth-order valence-electron chi connectivity index (χ4n) is 4.31. The Hall–Kier alpha value is -1.39. The quantitative estimate of drug-likeness (QED) is 0.878. The summed E-state index contributed by atoms with van der Waals surface area (Å²) in [6.45, 7) is 5.80. The van der Waals surface area contributed by atoms with Crippen LogP contribution in [0.15, 0.2) is 24.3 Å². The first-order chi connectivity index (χ1) is 12.7. The number of benzene rings is 1. The first kappa shape index (κ1) is 18.0. The molecule has 2 heterocycles. The van der Waals surface area contributed by atoms with Crippen molar-refractivity contribution in [3.63, 3.8) is 0 Å². The molecule has 142 valence electrons. The van der Waals surface area contributed by atoms with Gasteiger partial charge in [0.2, 0.25) is 5.91 Å². The third-order valence-corrected chi connectivity index (χ3v) is 6.24. The molecule has 26 heavy (non-hydrogen) atoms. The largest absolute Gasteiger partial charge is 0.373 e. The molecule has 1 aliphatic carbocycles. The van der Waals surface area contributed by atoms with E-state index in [0.29, 0.717) is 11.9 Å². The first-order valence-electron chi connectivity index (χ1n) is 10.4. The molecule has 2 saturated heterocycles. The maximum absolute atomic E-state index is 13.2.